The Balaban J connectivity index is 1.90. The van der Waals surface area contributed by atoms with E-state index >= 15 is 0 Å². The molecular formula is C12H19F2N. The van der Waals surface area contributed by atoms with Gasteiger partial charge in [-0.05, 0) is 31.7 Å². The van der Waals surface area contributed by atoms with Crippen molar-refractivity contribution in [1.82, 2.24) is 4.90 Å². The highest BCUT2D eigenvalue weighted by molar-refractivity contribution is 5.22. The first-order valence-corrected chi connectivity index (χ1v) is 6.05. The fraction of sp³-hybridized carbons (Fsp3) is 1.00. The maximum atomic E-state index is 13.4. The van der Waals surface area contributed by atoms with Gasteiger partial charge < -0.3 is 0 Å². The molecule has 0 aromatic heterocycles. The Hall–Kier alpha value is -0.180. The summed E-state index contributed by atoms with van der Waals surface area (Å²) in [5.74, 6) is -1.85. The Morgan fingerprint density at radius 3 is 2.33 bits per heavy atom. The third kappa shape index (κ3) is 1.05. The van der Waals surface area contributed by atoms with Gasteiger partial charge in [-0.15, -0.1) is 0 Å². The lowest BCUT2D eigenvalue weighted by atomic mass is 9.79. The number of alkyl halides is 2. The predicted molar refractivity (Wildman–Crippen MR) is 55.0 cm³/mol. The molecule has 2 aliphatic heterocycles. The summed E-state index contributed by atoms with van der Waals surface area (Å²) in [6, 6.07) is 0. The molecule has 0 aromatic rings. The van der Waals surface area contributed by atoms with E-state index in [1.165, 1.54) is 6.42 Å². The molecule has 0 unspecified atom stereocenters. The Kier molecular flexibility index (Phi) is 1.70. The van der Waals surface area contributed by atoms with E-state index in [9.17, 15) is 8.78 Å². The minimum absolute atomic E-state index is 0.111. The van der Waals surface area contributed by atoms with Crippen LogP contribution in [0.2, 0.25) is 0 Å². The van der Waals surface area contributed by atoms with Crippen molar-refractivity contribution in [2.24, 2.45) is 11.3 Å². The van der Waals surface area contributed by atoms with Crippen LogP contribution >= 0.6 is 0 Å². The van der Waals surface area contributed by atoms with Crippen LogP contribution in [-0.2, 0) is 0 Å². The SMILES string of the molecule is CC(C)[C@@]12CCCN1C[C@@]1(CC1(F)F)C2. The molecule has 1 saturated carbocycles. The third-order valence-corrected chi connectivity index (χ3v) is 5.09. The molecule has 1 spiro atoms. The van der Waals surface area contributed by atoms with Crippen molar-refractivity contribution in [3.8, 4) is 0 Å². The zero-order valence-corrected chi connectivity index (χ0v) is 9.52. The average Bonchev–Trinajstić information content (AvgIpc) is 2.46. The first-order valence-electron chi connectivity index (χ1n) is 6.05. The van der Waals surface area contributed by atoms with Crippen LogP contribution in [-0.4, -0.2) is 29.5 Å². The van der Waals surface area contributed by atoms with Crippen LogP contribution in [0.15, 0.2) is 0 Å². The van der Waals surface area contributed by atoms with E-state index in [1.54, 1.807) is 0 Å². The summed E-state index contributed by atoms with van der Waals surface area (Å²) >= 11 is 0. The molecule has 86 valence electrons. The molecule has 15 heavy (non-hydrogen) atoms. The molecule has 2 saturated heterocycles. The topological polar surface area (TPSA) is 3.24 Å². The van der Waals surface area contributed by atoms with Crippen LogP contribution in [0, 0.1) is 11.3 Å². The van der Waals surface area contributed by atoms with Crippen LogP contribution in [0.5, 0.6) is 0 Å². The zero-order chi connectivity index (χ0) is 10.9. The molecule has 0 bridgehead atoms. The van der Waals surface area contributed by atoms with E-state index in [0.29, 0.717) is 12.5 Å². The van der Waals surface area contributed by atoms with Gasteiger partial charge in [0.05, 0.1) is 5.41 Å². The molecule has 1 aliphatic carbocycles. The summed E-state index contributed by atoms with van der Waals surface area (Å²) in [6.07, 6.45) is 3.21. The number of hydrogen-bond donors (Lipinski definition) is 0. The highest BCUT2D eigenvalue weighted by Gasteiger charge is 2.77. The minimum Gasteiger partial charge on any atom is -0.297 e. The second kappa shape index (κ2) is 2.55. The minimum atomic E-state index is -2.36. The fourth-order valence-corrected chi connectivity index (χ4v) is 4.00. The molecule has 0 radical (unpaired) electrons. The summed E-state index contributed by atoms with van der Waals surface area (Å²) in [4.78, 5) is 2.36. The van der Waals surface area contributed by atoms with Crippen LogP contribution in [0.25, 0.3) is 0 Å². The van der Waals surface area contributed by atoms with E-state index < -0.39 is 11.3 Å². The first kappa shape index (κ1) is 10.0. The van der Waals surface area contributed by atoms with Gasteiger partial charge in [-0.3, -0.25) is 4.90 Å². The Morgan fingerprint density at radius 2 is 1.87 bits per heavy atom. The summed E-state index contributed by atoms with van der Waals surface area (Å²) in [7, 11) is 0. The van der Waals surface area contributed by atoms with Gasteiger partial charge in [0.2, 0.25) is 0 Å². The van der Waals surface area contributed by atoms with Crippen molar-refractivity contribution in [1.29, 1.82) is 0 Å². The average molecular weight is 215 g/mol. The fourth-order valence-electron chi connectivity index (χ4n) is 4.00. The van der Waals surface area contributed by atoms with E-state index in [4.69, 9.17) is 0 Å². The predicted octanol–water partition coefficient (Wildman–Crippen LogP) is 2.91. The lowest BCUT2D eigenvalue weighted by Gasteiger charge is -2.36. The summed E-state index contributed by atoms with van der Waals surface area (Å²) < 4.78 is 26.8. The van der Waals surface area contributed by atoms with Gasteiger partial charge in [-0.1, -0.05) is 13.8 Å². The van der Waals surface area contributed by atoms with E-state index in [2.05, 4.69) is 18.7 Å². The van der Waals surface area contributed by atoms with Crippen molar-refractivity contribution in [3.63, 3.8) is 0 Å². The van der Waals surface area contributed by atoms with Gasteiger partial charge in [0.25, 0.3) is 5.92 Å². The highest BCUT2D eigenvalue weighted by atomic mass is 19.3. The van der Waals surface area contributed by atoms with Gasteiger partial charge in [0.15, 0.2) is 0 Å². The van der Waals surface area contributed by atoms with Crippen LogP contribution in [0.4, 0.5) is 8.78 Å². The van der Waals surface area contributed by atoms with Crippen molar-refractivity contribution in [2.45, 2.75) is 51.0 Å². The lowest BCUT2D eigenvalue weighted by Crippen LogP contribution is -2.42. The van der Waals surface area contributed by atoms with E-state index in [0.717, 1.165) is 19.4 Å². The molecule has 3 fully saturated rings. The van der Waals surface area contributed by atoms with Crippen LogP contribution in [0.3, 0.4) is 0 Å². The van der Waals surface area contributed by atoms with Gasteiger partial charge in [0, 0.05) is 18.5 Å². The largest absolute Gasteiger partial charge is 0.297 e. The number of halogens is 2. The molecule has 0 amide bonds. The lowest BCUT2D eigenvalue weighted by molar-refractivity contribution is 0.0651. The molecule has 3 rings (SSSR count). The quantitative estimate of drug-likeness (QED) is 0.650. The zero-order valence-electron chi connectivity index (χ0n) is 9.52. The van der Waals surface area contributed by atoms with Gasteiger partial charge in [-0.25, -0.2) is 8.78 Å². The van der Waals surface area contributed by atoms with Gasteiger partial charge >= 0.3 is 0 Å². The van der Waals surface area contributed by atoms with Crippen molar-refractivity contribution in [2.75, 3.05) is 13.1 Å². The molecule has 0 aromatic carbocycles. The maximum Gasteiger partial charge on any atom is 0.255 e. The molecule has 3 aliphatic rings. The van der Waals surface area contributed by atoms with Crippen molar-refractivity contribution >= 4 is 0 Å². The summed E-state index contributed by atoms with van der Waals surface area (Å²) in [5.41, 5.74) is -0.516. The number of nitrogens with zero attached hydrogens (tertiary/aromatic N) is 1. The second-order valence-corrected chi connectivity index (χ2v) is 6.12. The molecule has 0 N–H and O–H groups in total. The highest BCUT2D eigenvalue weighted by Crippen LogP contribution is 2.70. The normalized spacial score (nSPS) is 47.8. The second-order valence-electron chi connectivity index (χ2n) is 6.12. The Labute approximate surface area is 89.8 Å². The molecule has 2 heterocycles. The molecule has 2 atom stereocenters. The van der Waals surface area contributed by atoms with E-state index in [1.807, 2.05) is 0 Å². The standard InChI is InChI=1S/C12H19F2N/c1-9(2)11-4-3-5-15(11)8-10(6-11)7-12(10,13)14/h9H,3-8H2,1-2H3/t10-,11-/m0/s1. The van der Waals surface area contributed by atoms with Crippen LogP contribution < -0.4 is 0 Å². The van der Waals surface area contributed by atoms with Crippen molar-refractivity contribution < 1.29 is 8.78 Å². The summed E-state index contributed by atoms with van der Waals surface area (Å²) in [5, 5.41) is 0. The first-order chi connectivity index (χ1) is 6.92. The monoisotopic (exact) mass is 215 g/mol. The van der Waals surface area contributed by atoms with Crippen molar-refractivity contribution in [3.05, 3.63) is 0 Å². The van der Waals surface area contributed by atoms with E-state index in [-0.39, 0.29) is 12.0 Å². The smallest absolute Gasteiger partial charge is 0.255 e. The third-order valence-electron chi connectivity index (χ3n) is 5.09. The maximum absolute atomic E-state index is 13.4. The molecule has 1 nitrogen and oxygen atoms in total. The summed E-state index contributed by atoms with van der Waals surface area (Å²) in [6.45, 7) is 6.07. The van der Waals surface area contributed by atoms with Gasteiger partial charge in [-0.2, -0.15) is 0 Å². The number of hydrogen-bond acceptors (Lipinski definition) is 1. The number of rotatable bonds is 1. The van der Waals surface area contributed by atoms with Gasteiger partial charge in [0.1, 0.15) is 0 Å². The van der Waals surface area contributed by atoms with Crippen LogP contribution in [0.1, 0.15) is 39.5 Å². The molecule has 3 heteroatoms. The Morgan fingerprint density at radius 1 is 1.20 bits per heavy atom. The molecular weight excluding hydrogens is 196 g/mol. The Bertz CT molecular complexity index is 302. The number of fused-ring (bicyclic) bond motifs is 1.